The number of amides is 1. The molecule has 0 spiro atoms. The van der Waals surface area contributed by atoms with Gasteiger partial charge in [0.05, 0.1) is 12.1 Å². The molecule has 1 unspecified atom stereocenters. The molecule has 0 aromatic rings. The minimum atomic E-state index is -0.286. The van der Waals surface area contributed by atoms with Gasteiger partial charge in [0, 0.05) is 12.6 Å². The van der Waals surface area contributed by atoms with Crippen molar-refractivity contribution >= 4 is 5.91 Å². The van der Waals surface area contributed by atoms with Crippen molar-refractivity contribution in [1.82, 2.24) is 5.32 Å². The quantitative estimate of drug-likeness (QED) is 0.712. The van der Waals surface area contributed by atoms with E-state index in [1.165, 1.54) is 32.1 Å². The lowest BCUT2D eigenvalue weighted by molar-refractivity contribution is -0.120. The second-order valence-electron chi connectivity index (χ2n) is 5.20. The second kappa shape index (κ2) is 7.67. The van der Waals surface area contributed by atoms with E-state index < -0.39 is 0 Å². The van der Waals surface area contributed by atoms with E-state index in [4.69, 9.17) is 10.5 Å². The molecule has 0 heterocycles. The highest BCUT2D eigenvalue weighted by molar-refractivity contribution is 5.79. The molecule has 0 aliphatic heterocycles. The molecule has 100 valence electrons. The van der Waals surface area contributed by atoms with Crippen LogP contribution in [0.1, 0.15) is 52.4 Å². The molecule has 0 bridgehead atoms. The van der Waals surface area contributed by atoms with Crippen LogP contribution < -0.4 is 11.1 Å². The third-order valence-corrected chi connectivity index (χ3v) is 3.19. The topological polar surface area (TPSA) is 64.3 Å². The average molecular weight is 242 g/mol. The molecule has 0 aromatic carbocycles. The van der Waals surface area contributed by atoms with E-state index >= 15 is 0 Å². The summed E-state index contributed by atoms with van der Waals surface area (Å²) < 4.78 is 5.80. The zero-order valence-electron chi connectivity index (χ0n) is 11.1. The fourth-order valence-corrected chi connectivity index (χ4v) is 2.29. The highest BCUT2D eigenvalue weighted by Gasteiger charge is 2.18. The Bertz CT molecular complexity index is 225. The number of rotatable bonds is 7. The lowest BCUT2D eigenvalue weighted by Crippen LogP contribution is -2.45. The average Bonchev–Trinajstić information content (AvgIpc) is 2.28. The zero-order valence-corrected chi connectivity index (χ0v) is 11.1. The molecule has 4 heteroatoms. The van der Waals surface area contributed by atoms with Crippen molar-refractivity contribution in [2.45, 2.75) is 70.6 Å². The Morgan fingerprint density at radius 3 is 2.53 bits per heavy atom. The van der Waals surface area contributed by atoms with Crippen LogP contribution in [0.4, 0.5) is 0 Å². The molecule has 1 saturated carbocycles. The molecule has 17 heavy (non-hydrogen) atoms. The van der Waals surface area contributed by atoms with Gasteiger partial charge in [-0.25, -0.2) is 0 Å². The summed E-state index contributed by atoms with van der Waals surface area (Å²) in [7, 11) is 0. The van der Waals surface area contributed by atoms with E-state index in [9.17, 15) is 4.79 Å². The van der Waals surface area contributed by atoms with Gasteiger partial charge in [-0.05, 0) is 19.3 Å². The van der Waals surface area contributed by atoms with Crippen LogP contribution in [0.2, 0.25) is 0 Å². The second-order valence-corrected chi connectivity index (χ2v) is 5.20. The summed E-state index contributed by atoms with van der Waals surface area (Å²) in [6, 6.07) is 0.000714. The van der Waals surface area contributed by atoms with Crippen molar-refractivity contribution < 1.29 is 9.53 Å². The number of carbonyl (C=O) groups is 1. The number of ether oxygens (including phenoxy) is 1. The lowest BCUT2D eigenvalue weighted by Gasteiger charge is -2.23. The Morgan fingerprint density at radius 2 is 2.00 bits per heavy atom. The smallest absolute Gasteiger partial charge is 0.234 e. The highest BCUT2D eigenvalue weighted by Crippen LogP contribution is 2.20. The van der Waals surface area contributed by atoms with Gasteiger partial charge in [0.25, 0.3) is 0 Å². The van der Waals surface area contributed by atoms with Gasteiger partial charge in [-0.1, -0.05) is 33.1 Å². The van der Waals surface area contributed by atoms with Gasteiger partial charge < -0.3 is 15.8 Å². The van der Waals surface area contributed by atoms with Gasteiger partial charge in [-0.3, -0.25) is 4.79 Å². The first-order chi connectivity index (χ1) is 8.09. The SMILES string of the molecule is CC(C)NC(CCOC1CCCCC1)C(N)=O. The van der Waals surface area contributed by atoms with Crippen LogP contribution in [-0.2, 0) is 9.53 Å². The highest BCUT2D eigenvalue weighted by atomic mass is 16.5. The van der Waals surface area contributed by atoms with E-state index in [1.54, 1.807) is 0 Å². The van der Waals surface area contributed by atoms with Crippen LogP contribution in [0.25, 0.3) is 0 Å². The largest absolute Gasteiger partial charge is 0.378 e. The van der Waals surface area contributed by atoms with Crippen LogP contribution in [0.5, 0.6) is 0 Å². The Hall–Kier alpha value is -0.610. The number of carbonyl (C=O) groups excluding carboxylic acids is 1. The zero-order chi connectivity index (χ0) is 12.7. The van der Waals surface area contributed by atoms with Gasteiger partial charge in [-0.2, -0.15) is 0 Å². The third-order valence-electron chi connectivity index (χ3n) is 3.19. The van der Waals surface area contributed by atoms with Gasteiger partial charge >= 0.3 is 0 Å². The summed E-state index contributed by atoms with van der Waals surface area (Å²) in [5, 5.41) is 3.16. The van der Waals surface area contributed by atoms with Crippen LogP contribution in [0.15, 0.2) is 0 Å². The Labute approximate surface area is 104 Å². The molecule has 1 fully saturated rings. The van der Waals surface area contributed by atoms with Gasteiger partial charge in [-0.15, -0.1) is 0 Å². The van der Waals surface area contributed by atoms with Crippen molar-refractivity contribution in [2.75, 3.05) is 6.61 Å². The van der Waals surface area contributed by atoms with Crippen molar-refractivity contribution in [3.05, 3.63) is 0 Å². The first-order valence-corrected chi connectivity index (χ1v) is 6.76. The maximum Gasteiger partial charge on any atom is 0.234 e. The van der Waals surface area contributed by atoms with Crippen LogP contribution in [0, 0.1) is 0 Å². The molecule has 0 aromatic heterocycles. The summed E-state index contributed by atoms with van der Waals surface area (Å²) >= 11 is 0. The summed E-state index contributed by atoms with van der Waals surface area (Å²) in [5.41, 5.74) is 5.35. The van der Waals surface area contributed by atoms with Gasteiger partial charge in [0.1, 0.15) is 0 Å². The van der Waals surface area contributed by atoms with Gasteiger partial charge in [0.2, 0.25) is 5.91 Å². The number of hydrogen-bond acceptors (Lipinski definition) is 3. The molecule has 1 aliphatic carbocycles. The number of nitrogens with one attached hydrogen (secondary N) is 1. The summed E-state index contributed by atoms with van der Waals surface area (Å²) in [6.45, 7) is 4.65. The summed E-state index contributed by atoms with van der Waals surface area (Å²) in [4.78, 5) is 11.2. The van der Waals surface area contributed by atoms with Gasteiger partial charge in [0.15, 0.2) is 0 Å². The predicted molar refractivity (Wildman–Crippen MR) is 68.7 cm³/mol. The van der Waals surface area contributed by atoms with Crippen molar-refractivity contribution in [2.24, 2.45) is 5.73 Å². The van der Waals surface area contributed by atoms with E-state index in [0.717, 1.165) is 0 Å². The number of nitrogens with two attached hydrogens (primary N) is 1. The predicted octanol–water partition coefficient (Wildman–Crippen LogP) is 1.58. The van der Waals surface area contributed by atoms with Crippen LogP contribution in [0.3, 0.4) is 0 Å². The van der Waals surface area contributed by atoms with Crippen molar-refractivity contribution in [3.8, 4) is 0 Å². The minimum Gasteiger partial charge on any atom is -0.378 e. The van der Waals surface area contributed by atoms with E-state index in [1.807, 2.05) is 13.8 Å². The first-order valence-electron chi connectivity index (χ1n) is 6.76. The molecule has 1 atom stereocenters. The normalized spacial score (nSPS) is 19.5. The maximum absolute atomic E-state index is 11.2. The number of primary amides is 1. The number of hydrogen-bond donors (Lipinski definition) is 2. The van der Waals surface area contributed by atoms with E-state index in [2.05, 4.69) is 5.32 Å². The Morgan fingerprint density at radius 1 is 1.35 bits per heavy atom. The van der Waals surface area contributed by atoms with Crippen molar-refractivity contribution in [3.63, 3.8) is 0 Å². The molecule has 1 amide bonds. The first kappa shape index (κ1) is 14.5. The molecule has 1 rings (SSSR count). The standard InChI is InChI=1S/C13H26N2O2/c1-10(2)15-12(13(14)16)8-9-17-11-6-4-3-5-7-11/h10-12,15H,3-9H2,1-2H3,(H2,14,16). The Kier molecular flexibility index (Phi) is 6.52. The summed E-state index contributed by atoms with van der Waals surface area (Å²) in [5.74, 6) is -0.286. The van der Waals surface area contributed by atoms with Crippen molar-refractivity contribution in [1.29, 1.82) is 0 Å². The summed E-state index contributed by atoms with van der Waals surface area (Å²) in [6.07, 6.45) is 7.28. The fourth-order valence-electron chi connectivity index (χ4n) is 2.29. The molecule has 1 aliphatic rings. The van der Waals surface area contributed by atoms with E-state index in [-0.39, 0.29) is 18.0 Å². The Balaban J connectivity index is 2.19. The molecule has 0 saturated heterocycles. The van der Waals surface area contributed by atoms with E-state index in [0.29, 0.717) is 19.1 Å². The minimum absolute atomic E-state index is 0.265. The molecule has 4 nitrogen and oxygen atoms in total. The lowest BCUT2D eigenvalue weighted by atomic mass is 9.98. The molecule has 0 radical (unpaired) electrons. The van der Waals surface area contributed by atoms with Crippen LogP contribution >= 0.6 is 0 Å². The third kappa shape index (κ3) is 6.03. The fraction of sp³-hybridized carbons (Fsp3) is 0.923. The maximum atomic E-state index is 11.2. The molecular weight excluding hydrogens is 216 g/mol. The monoisotopic (exact) mass is 242 g/mol. The van der Waals surface area contributed by atoms with Crippen LogP contribution in [-0.4, -0.2) is 30.7 Å². The molecule has 3 N–H and O–H groups in total. The molecular formula is C13H26N2O2.